The molecule has 2 aromatic rings. The highest BCUT2D eigenvalue weighted by Gasteiger charge is 2.11. The minimum absolute atomic E-state index is 0.00687. The fourth-order valence-corrected chi connectivity index (χ4v) is 3.53. The molecule has 5 heteroatoms. The number of carbonyl (C=O) groups excluding carboxylic acids is 1. The standard InChI is InChI=1S/C22H29N3O2/c1-27-21-9-5-4-8-18(21)16-23-17-22(26)24-19-10-12-20(13-11-19)25-14-6-2-3-7-15-25/h4-5,8-13,23H,2-3,6-7,14-17H2,1H3,(H,24,26)/p+1. The Hall–Kier alpha value is -2.53. The molecule has 5 nitrogen and oxygen atoms in total. The summed E-state index contributed by atoms with van der Waals surface area (Å²) < 4.78 is 5.34. The van der Waals surface area contributed by atoms with Crippen molar-refractivity contribution in [2.24, 2.45) is 0 Å². The Kier molecular flexibility index (Phi) is 7.11. The Bertz CT molecular complexity index is 723. The topological polar surface area (TPSA) is 58.2 Å². The number of methoxy groups -OCH3 is 1. The smallest absolute Gasteiger partial charge is 0.279 e. The molecule has 3 N–H and O–H groups in total. The normalized spacial score (nSPS) is 14.5. The first-order chi connectivity index (χ1) is 13.3. The molecule has 3 rings (SSSR count). The molecule has 1 amide bonds. The van der Waals surface area contributed by atoms with Crippen LogP contribution in [0.3, 0.4) is 0 Å². The Labute approximate surface area is 161 Å². The molecule has 1 heterocycles. The molecule has 0 unspecified atom stereocenters. The van der Waals surface area contributed by atoms with Crippen molar-refractivity contribution < 1.29 is 14.8 Å². The largest absolute Gasteiger partial charge is 0.496 e. The summed E-state index contributed by atoms with van der Waals surface area (Å²) in [5.41, 5.74) is 3.19. The van der Waals surface area contributed by atoms with Gasteiger partial charge in [-0.15, -0.1) is 0 Å². The van der Waals surface area contributed by atoms with E-state index >= 15 is 0 Å². The first-order valence-electron chi connectivity index (χ1n) is 9.84. The van der Waals surface area contributed by atoms with Gasteiger partial charge in [0.25, 0.3) is 5.91 Å². The lowest BCUT2D eigenvalue weighted by Crippen LogP contribution is -2.84. The number of para-hydroxylation sites is 1. The van der Waals surface area contributed by atoms with Crippen LogP contribution in [0.15, 0.2) is 48.5 Å². The number of rotatable bonds is 7. The number of quaternary nitrogens is 1. The van der Waals surface area contributed by atoms with Crippen LogP contribution in [-0.4, -0.2) is 32.7 Å². The van der Waals surface area contributed by atoms with Gasteiger partial charge in [0, 0.05) is 30.0 Å². The molecule has 1 fully saturated rings. The van der Waals surface area contributed by atoms with Gasteiger partial charge in [0.05, 0.1) is 7.11 Å². The zero-order valence-corrected chi connectivity index (χ0v) is 16.1. The van der Waals surface area contributed by atoms with Crippen LogP contribution in [0, 0.1) is 0 Å². The summed E-state index contributed by atoms with van der Waals surface area (Å²) in [4.78, 5) is 14.6. The van der Waals surface area contributed by atoms with Crippen LogP contribution < -0.4 is 20.3 Å². The molecule has 0 bridgehead atoms. The van der Waals surface area contributed by atoms with Gasteiger partial charge < -0.3 is 20.3 Å². The molecule has 1 aliphatic heterocycles. The Morgan fingerprint density at radius 3 is 2.44 bits per heavy atom. The third-order valence-electron chi connectivity index (χ3n) is 5.01. The second kappa shape index (κ2) is 9.97. The third kappa shape index (κ3) is 5.73. The van der Waals surface area contributed by atoms with Crippen molar-refractivity contribution in [1.82, 2.24) is 0 Å². The van der Waals surface area contributed by atoms with Gasteiger partial charge in [-0.1, -0.05) is 25.0 Å². The van der Waals surface area contributed by atoms with Gasteiger partial charge in [-0.25, -0.2) is 0 Å². The zero-order valence-electron chi connectivity index (χ0n) is 16.1. The summed E-state index contributed by atoms with van der Waals surface area (Å²) in [6.07, 6.45) is 5.19. The number of hydrogen-bond acceptors (Lipinski definition) is 3. The average Bonchev–Trinajstić information content (AvgIpc) is 2.98. The molecule has 144 valence electrons. The van der Waals surface area contributed by atoms with Gasteiger partial charge in [0.1, 0.15) is 12.3 Å². The van der Waals surface area contributed by atoms with Gasteiger partial charge >= 0.3 is 0 Å². The first kappa shape index (κ1) is 19.2. The molecule has 2 aromatic carbocycles. The summed E-state index contributed by atoms with van der Waals surface area (Å²) in [6, 6.07) is 16.1. The average molecular weight is 369 g/mol. The number of hydrogen-bond donors (Lipinski definition) is 2. The van der Waals surface area contributed by atoms with Gasteiger partial charge in [0.2, 0.25) is 0 Å². The molecule has 0 saturated carbocycles. The minimum Gasteiger partial charge on any atom is -0.496 e. The van der Waals surface area contributed by atoms with E-state index < -0.39 is 0 Å². The molecule has 0 aromatic heterocycles. The molecule has 0 aliphatic carbocycles. The van der Waals surface area contributed by atoms with E-state index in [9.17, 15) is 4.79 Å². The summed E-state index contributed by atoms with van der Waals surface area (Å²) in [5.74, 6) is 0.866. The van der Waals surface area contributed by atoms with E-state index in [0.29, 0.717) is 13.1 Å². The molecular weight excluding hydrogens is 338 g/mol. The number of nitrogens with two attached hydrogens (primary N) is 1. The Balaban J connectivity index is 1.46. The SMILES string of the molecule is COc1ccccc1C[NH2+]CC(=O)Nc1ccc(N2CCCCCC2)cc1. The van der Waals surface area contributed by atoms with Gasteiger partial charge in [-0.05, 0) is 49.2 Å². The Morgan fingerprint density at radius 2 is 1.74 bits per heavy atom. The number of amides is 1. The second-order valence-electron chi connectivity index (χ2n) is 7.01. The van der Waals surface area contributed by atoms with Gasteiger partial charge in [-0.3, -0.25) is 4.79 Å². The molecule has 27 heavy (non-hydrogen) atoms. The van der Waals surface area contributed by atoms with Crippen LogP contribution in [0.2, 0.25) is 0 Å². The number of anilines is 2. The lowest BCUT2D eigenvalue weighted by atomic mass is 10.2. The first-order valence-corrected chi connectivity index (χ1v) is 9.84. The van der Waals surface area contributed by atoms with Gasteiger partial charge in [-0.2, -0.15) is 0 Å². The van der Waals surface area contributed by atoms with Crippen LogP contribution in [0.1, 0.15) is 31.2 Å². The van der Waals surface area contributed by atoms with Crippen LogP contribution >= 0.6 is 0 Å². The molecule has 0 radical (unpaired) electrons. The molecule has 1 saturated heterocycles. The van der Waals surface area contributed by atoms with Crippen LogP contribution in [-0.2, 0) is 11.3 Å². The molecule has 0 spiro atoms. The van der Waals surface area contributed by atoms with E-state index in [1.54, 1.807) is 7.11 Å². The van der Waals surface area contributed by atoms with Crippen molar-refractivity contribution in [1.29, 1.82) is 0 Å². The summed E-state index contributed by atoms with van der Waals surface area (Å²) >= 11 is 0. The molecule has 0 atom stereocenters. The zero-order chi connectivity index (χ0) is 18.9. The summed E-state index contributed by atoms with van der Waals surface area (Å²) in [6.45, 7) is 3.35. The van der Waals surface area contributed by atoms with Crippen molar-refractivity contribution in [2.75, 3.05) is 37.0 Å². The van der Waals surface area contributed by atoms with Crippen molar-refractivity contribution in [3.05, 3.63) is 54.1 Å². The van der Waals surface area contributed by atoms with Crippen LogP contribution in [0.5, 0.6) is 5.75 Å². The maximum Gasteiger partial charge on any atom is 0.279 e. The maximum absolute atomic E-state index is 12.2. The number of benzene rings is 2. The highest BCUT2D eigenvalue weighted by Crippen LogP contribution is 2.21. The monoisotopic (exact) mass is 368 g/mol. The fourth-order valence-electron chi connectivity index (χ4n) is 3.53. The molecular formula is C22H30N3O2+. The number of nitrogens with one attached hydrogen (secondary N) is 1. The maximum atomic E-state index is 12.2. The number of ether oxygens (including phenoxy) is 1. The van der Waals surface area contributed by atoms with Crippen molar-refractivity contribution in [2.45, 2.75) is 32.2 Å². The highest BCUT2D eigenvalue weighted by molar-refractivity contribution is 5.91. The number of nitrogens with zero attached hydrogens (tertiary/aromatic N) is 1. The van der Waals surface area contributed by atoms with E-state index in [0.717, 1.165) is 30.1 Å². The second-order valence-corrected chi connectivity index (χ2v) is 7.01. The predicted molar refractivity (Wildman–Crippen MR) is 109 cm³/mol. The van der Waals surface area contributed by atoms with Crippen molar-refractivity contribution in [3.8, 4) is 5.75 Å². The summed E-state index contributed by atoms with van der Waals surface area (Å²) in [7, 11) is 1.67. The van der Waals surface area contributed by atoms with Crippen LogP contribution in [0.4, 0.5) is 11.4 Å². The third-order valence-corrected chi connectivity index (χ3v) is 5.01. The van der Waals surface area contributed by atoms with Crippen LogP contribution in [0.25, 0.3) is 0 Å². The van der Waals surface area contributed by atoms with Crippen molar-refractivity contribution in [3.63, 3.8) is 0 Å². The highest BCUT2D eigenvalue weighted by atomic mass is 16.5. The lowest BCUT2D eigenvalue weighted by Gasteiger charge is -2.22. The van der Waals surface area contributed by atoms with Crippen molar-refractivity contribution >= 4 is 17.3 Å². The lowest BCUT2D eigenvalue weighted by molar-refractivity contribution is -0.659. The van der Waals surface area contributed by atoms with Gasteiger partial charge in [0.15, 0.2) is 6.54 Å². The molecule has 1 aliphatic rings. The van der Waals surface area contributed by atoms with E-state index in [4.69, 9.17) is 4.74 Å². The summed E-state index contributed by atoms with van der Waals surface area (Å²) in [5, 5.41) is 4.96. The van der Waals surface area contributed by atoms with E-state index in [1.165, 1.54) is 31.4 Å². The quantitative estimate of drug-likeness (QED) is 0.790. The minimum atomic E-state index is 0.00687. The predicted octanol–water partition coefficient (Wildman–Crippen LogP) is 2.78. The Morgan fingerprint density at radius 1 is 1.04 bits per heavy atom. The van der Waals surface area contributed by atoms with E-state index in [-0.39, 0.29) is 5.91 Å². The fraction of sp³-hybridized carbons (Fsp3) is 0.409. The van der Waals surface area contributed by atoms with E-state index in [1.807, 2.05) is 41.7 Å². The van der Waals surface area contributed by atoms with E-state index in [2.05, 4.69) is 22.3 Å². The number of carbonyl (C=O) groups is 1.